The highest BCUT2D eigenvalue weighted by Crippen LogP contribution is 2.24. The number of likely N-dealkylation sites (tertiary alicyclic amines) is 1. The number of hydrogen-bond acceptors (Lipinski definition) is 4. The number of amides is 1. The van der Waals surface area contributed by atoms with Crippen LogP contribution in [0.1, 0.15) is 34.6 Å². The first-order valence-electron chi connectivity index (χ1n) is 11.2. The first-order chi connectivity index (χ1) is 16.1. The number of nitrogens with zero attached hydrogens (tertiary/aromatic N) is 5. The summed E-state index contributed by atoms with van der Waals surface area (Å²) in [6.07, 6.45) is 6.03. The van der Waals surface area contributed by atoms with Gasteiger partial charge in [0, 0.05) is 37.5 Å². The lowest BCUT2D eigenvalue weighted by Gasteiger charge is -2.32. The molecule has 33 heavy (non-hydrogen) atoms. The standard InChI is InChI=1S/C25H26N6O2/c1-18-6-2-3-9-22(18)31-23(27-28-25(31)33)16-19-10-14-29(15-11-19)24(32)20-7-4-8-21(17-20)30-13-5-12-26-30/h2-9,12-13,17,19H,10-11,14-16H2,1H3,(H,28,33). The van der Waals surface area contributed by atoms with Crippen molar-refractivity contribution in [3.8, 4) is 11.4 Å². The summed E-state index contributed by atoms with van der Waals surface area (Å²) in [5.74, 6) is 1.15. The molecule has 0 saturated carbocycles. The third kappa shape index (κ3) is 4.24. The van der Waals surface area contributed by atoms with Gasteiger partial charge in [-0.05, 0) is 61.6 Å². The molecule has 0 bridgehead atoms. The highest BCUT2D eigenvalue weighted by Gasteiger charge is 2.26. The lowest BCUT2D eigenvalue weighted by atomic mass is 9.92. The molecular weight excluding hydrogens is 416 g/mol. The lowest BCUT2D eigenvalue weighted by molar-refractivity contribution is 0.0689. The number of nitrogens with one attached hydrogen (secondary N) is 1. The molecule has 1 fully saturated rings. The Morgan fingerprint density at radius 2 is 1.91 bits per heavy atom. The van der Waals surface area contributed by atoms with E-state index >= 15 is 0 Å². The molecule has 1 N–H and O–H groups in total. The first kappa shape index (κ1) is 20.9. The van der Waals surface area contributed by atoms with Crippen molar-refractivity contribution < 1.29 is 4.79 Å². The zero-order valence-corrected chi connectivity index (χ0v) is 18.5. The number of aryl methyl sites for hydroxylation is 1. The van der Waals surface area contributed by atoms with Gasteiger partial charge in [0.15, 0.2) is 0 Å². The molecule has 0 aliphatic carbocycles. The average molecular weight is 443 g/mol. The van der Waals surface area contributed by atoms with Gasteiger partial charge in [0.05, 0.1) is 11.4 Å². The van der Waals surface area contributed by atoms with Crippen LogP contribution >= 0.6 is 0 Å². The van der Waals surface area contributed by atoms with Gasteiger partial charge in [-0.15, -0.1) is 0 Å². The summed E-state index contributed by atoms with van der Waals surface area (Å²) < 4.78 is 3.43. The molecule has 0 unspecified atom stereocenters. The van der Waals surface area contributed by atoms with Crippen molar-refractivity contribution in [1.82, 2.24) is 29.4 Å². The fraction of sp³-hybridized carbons (Fsp3) is 0.280. The Balaban J connectivity index is 1.26. The van der Waals surface area contributed by atoms with Crippen LogP contribution in [0.2, 0.25) is 0 Å². The maximum absolute atomic E-state index is 13.1. The summed E-state index contributed by atoms with van der Waals surface area (Å²) in [6.45, 7) is 3.37. The smallest absolute Gasteiger partial charge is 0.339 e. The highest BCUT2D eigenvalue weighted by atomic mass is 16.2. The van der Waals surface area contributed by atoms with Gasteiger partial charge in [-0.1, -0.05) is 24.3 Å². The maximum atomic E-state index is 13.1. The third-order valence-corrected chi connectivity index (χ3v) is 6.33. The van der Waals surface area contributed by atoms with Crippen LogP contribution in [0.5, 0.6) is 0 Å². The van der Waals surface area contributed by atoms with Crippen molar-refractivity contribution in [1.29, 1.82) is 0 Å². The van der Waals surface area contributed by atoms with Crippen LogP contribution in [0.3, 0.4) is 0 Å². The van der Waals surface area contributed by atoms with E-state index in [9.17, 15) is 9.59 Å². The van der Waals surface area contributed by atoms with Crippen molar-refractivity contribution in [2.75, 3.05) is 13.1 Å². The Kier molecular flexibility index (Phi) is 5.64. The van der Waals surface area contributed by atoms with Gasteiger partial charge in [0.25, 0.3) is 5.91 Å². The Labute approximate surface area is 191 Å². The van der Waals surface area contributed by atoms with Crippen LogP contribution in [-0.2, 0) is 6.42 Å². The fourth-order valence-corrected chi connectivity index (χ4v) is 4.51. The lowest BCUT2D eigenvalue weighted by Crippen LogP contribution is -2.39. The van der Waals surface area contributed by atoms with Crippen LogP contribution in [0.15, 0.2) is 71.8 Å². The molecule has 1 aliphatic rings. The van der Waals surface area contributed by atoms with Crippen LogP contribution in [-0.4, -0.2) is 48.4 Å². The SMILES string of the molecule is Cc1ccccc1-n1c(CC2CCN(C(=O)c3cccc(-n4cccn4)c3)CC2)n[nH]c1=O. The largest absolute Gasteiger partial charge is 0.347 e. The van der Waals surface area contributed by atoms with Crippen molar-refractivity contribution in [3.63, 3.8) is 0 Å². The first-order valence-corrected chi connectivity index (χ1v) is 11.2. The van der Waals surface area contributed by atoms with E-state index in [-0.39, 0.29) is 11.6 Å². The van der Waals surface area contributed by atoms with Crippen molar-refractivity contribution in [2.24, 2.45) is 5.92 Å². The summed E-state index contributed by atoms with van der Waals surface area (Å²) in [5, 5.41) is 11.1. The number of carbonyl (C=O) groups excluding carboxylic acids is 1. The second-order valence-electron chi connectivity index (χ2n) is 8.51. The normalized spacial score (nSPS) is 14.5. The average Bonchev–Trinajstić information content (AvgIpc) is 3.50. The number of piperidine rings is 1. The zero-order chi connectivity index (χ0) is 22.8. The van der Waals surface area contributed by atoms with Crippen molar-refractivity contribution >= 4 is 5.91 Å². The molecule has 1 aliphatic heterocycles. The molecular formula is C25H26N6O2. The minimum Gasteiger partial charge on any atom is -0.339 e. The molecule has 1 amide bonds. The quantitative estimate of drug-likeness (QED) is 0.514. The van der Waals surface area contributed by atoms with E-state index in [4.69, 9.17) is 0 Å². The highest BCUT2D eigenvalue weighted by molar-refractivity contribution is 5.94. The molecule has 8 heteroatoms. The topological polar surface area (TPSA) is 88.8 Å². The molecule has 4 aromatic rings. The number of hydrogen-bond donors (Lipinski definition) is 1. The summed E-state index contributed by atoms with van der Waals surface area (Å²) in [6, 6.07) is 17.2. The Morgan fingerprint density at radius 3 is 2.67 bits per heavy atom. The Bertz CT molecular complexity index is 1310. The molecule has 0 spiro atoms. The number of para-hydroxylation sites is 1. The van der Waals surface area contributed by atoms with Gasteiger partial charge in [0.1, 0.15) is 5.82 Å². The predicted octanol–water partition coefficient (Wildman–Crippen LogP) is 3.15. The summed E-state index contributed by atoms with van der Waals surface area (Å²) in [4.78, 5) is 27.4. The van der Waals surface area contributed by atoms with Gasteiger partial charge < -0.3 is 4.90 Å². The van der Waals surface area contributed by atoms with Gasteiger partial charge >= 0.3 is 5.69 Å². The Hall–Kier alpha value is -3.94. The van der Waals surface area contributed by atoms with E-state index in [1.807, 2.05) is 72.6 Å². The molecule has 0 atom stereocenters. The maximum Gasteiger partial charge on any atom is 0.347 e. The number of aromatic nitrogens is 5. The number of H-pyrrole nitrogens is 1. The van der Waals surface area contributed by atoms with Gasteiger partial charge in [-0.3, -0.25) is 4.79 Å². The Morgan fingerprint density at radius 1 is 1.09 bits per heavy atom. The zero-order valence-electron chi connectivity index (χ0n) is 18.5. The number of carbonyl (C=O) groups is 1. The molecule has 8 nitrogen and oxygen atoms in total. The van der Waals surface area contributed by atoms with Crippen LogP contribution in [0.4, 0.5) is 0 Å². The minimum atomic E-state index is -0.219. The van der Waals surface area contributed by atoms with E-state index < -0.39 is 0 Å². The third-order valence-electron chi connectivity index (χ3n) is 6.33. The second-order valence-corrected chi connectivity index (χ2v) is 8.51. The van der Waals surface area contributed by atoms with Gasteiger partial charge in [-0.2, -0.15) is 10.2 Å². The minimum absolute atomic E-state index is 0.0408. The molecule has 2 aromatic heterocycles. The number of benzene rings is 2. The second kappa shape index (κ2) is 8.90. The van der Waals surface area contributed by atoms with E-state index in [1.165, 1.54) is 0 Å². The van der Waals surface area contributed by atoms with Crippen molar-refractivity contribution in [2.45, 2.75) is 26.2 Å². The molecule has 2 aromatic carbocycles. The summed E-state index contributed by atoms with van der Waals surface area (Å²) in [7, 11) is 0. The molecule has 1 saturated heterocycles. The monoisotopic (exact) mass is 442 g/mol. The van der Waals surface area contributed by atoms with Gasteiger partial charge in [-0.25, -0.2) is 19.1 Å². The fourth-order valence-electron chi connectivity index (χ4n) is 4.51. The predicted molar refractivity (Wildman–Crippen MR) is 125 cm³/mol. The van der Waals surface area contributed by atoms with E-state index in [0.717, 1.165) is 35.6 Å². The van der Waals surface area contributed by atoms with E-state index in [0.29, 0.717) is 31.0 Å². The van der Waals surface area contributed by atoms with Crippen LogP contribution < -0.4 is 5.69 Å². The van der Waals surface area contributed by atoms with E-state index in [1.54, 1.807) is 15.4 Å². The molecule has 5 rings (SSSR count). The summed E-state index contributed by atoms with van der Waals surface area (Å²) >= 11 is 0. The van der Waals surface area contributed by atoms with Crippen molar-refractivity contribution in [3.05, 3.63) is 94.4 Å². The molecule has 168 valence electrons. The van der Waals surface area contributed by atoms with E-state index in [2.05, 4.69) is 15.3 Å². The number of aromatic amines is 1. The molecule has 3 heterocycles. The summed E-state index contributed by atoms with van der Waals surface area (Å²) in [5.41, 5.74) is 3.20. The van der Waals surface area contributed by atoms with Gasteiger partial charge in [0.2, 0.25) is 0 Å². The molecule has 0 radical (unpaired) electrons. The number of rotatable bonds is 5. The van der Waals surface area contributed by atoms with Crippen LogP contribution in [0, 0.1) is 12.8 Å². The van der Waals surface area contributed by atoms with Crippen LogP contribution in [0.25, 0.3) is 11.4 Å².